The Morgan fingerprint density at radius 2 is 1.63 bits per heavy atom. The smallest absolute Gasteiger partial charge is 0.213 e. The molecule has 1 atom stereocenters. The van der Waals surface area contributed by atoms with E-state index in [9.17, 15) is 8.42 Å². The third-order valence-electron chi connectivity index (χ3n) is 6.06. The molecule has 2 heterocycles. The van der Waals surface area contributed by atoms with Crippen LogP contribution < -0.4 is 4.90 Å². The first-order valence-electron chi connectivity index (χ1n) is 10.9. The van der Waals surface area contributed by atoms with Crippen molar-refractivity contribution in [3.63, 3.8) is 0 Å². The molecular formula is C23H34N4O2S. The average Bonchev–Trinajstić information content (AvgIpc) is 2.75. The molecule has 0 N–H and O–H groups in total. The van der Waals surface area contributed by atoms with Crippen LogP contribution in [-0.4, -0.2) is 54.6 Å². The normalized spacial score (nSPS) is 16.6. The van der Waals surface area contributed by atoms with Gasteiger partial charge in [-0.2, -0.15) is 4.31 Å². The molecule has 0 aliphatic carbocycles. The summed E-state index contributed by atoms with van der Waals surface area (Å²) >= 11 is 0. The molecule has 0 saturated carbocycles. The molecule has 1 saturated heterocycles. The second-order valence-corrected chi connectivity index (χ2v) is 10.5. The van der Waals surface area contributed by atoms with Gasteiger partial charge >= 0.3 is 0 Å². The molecule has 1 fully saturated rings. The Morgan fingerprint density at radius 3 is 2.20 bits per heavy atom. The minimum Gasteiger partial charge on any atom is -0.354 e. The van der Waals surface area contributed by atoms with Gasteiger partial charge < -0.3 is 4.90 Å². The number of hydrogen-bond donors (Lipinski definition) is 0. The van der Waals surface area contributed by atoms with Crippen molar-refractivity contribution >= 4 is 15.8 Å². The number of rotatable bonds is 7. The maximum atomic E-state index is 12.3. The number of benzene rings is 1. The van der Waals surface area contributed by atoms with E-state index in [0.29, 0.717) is 26.2 Å². The van der Waals surface area contributed by atoms with Crippen molar-refractivity contribution in [2.24, 2.45) is 0 Å². The summed E-state index contributed by atoms with van der Waals surface area (Å²) in [4.78, 5) is 12.1. The number of nitrogens with zero attached hydrogens (tertiary/aromatic N) is 4. The molecule has 3 rings (SSSR count). The molecule has 6 nitrogen and oxygen atoms in total. The highest BCUT2D eigenvalue weighted by atomic mass is 32.2. The Morgan fingerprint density at radius 1 is 1.00 bits per heavy atom. The van der Waals surface area contributed by atoms with Crippen molar-refractivity contribution in [3.05, 3.63) is 52.5 Å². The van der Waals surface area contributed by atoms with Gasteiger partial charge in [0, 0.05) is 49.8 Å². The third-order valence-corrected chi connectivity index (χ3v) is 7.94. The van der Waals surface area contributed by atoms with E-state index < -0.39 is 10.0 Å². The molecule has 7 heteroatoms. The van der Waals surface area contributed by atoms with E-state index in [-0.39, 0.29) is 11.7 Å². The molecule has 0 radical (unpaired) electrons. The minimum absolute atomic E-state index is 0.149. The molecule has 1 aliphatic heterocycles. The zero-order chi connectivity index (χ0) is 21.9. The van der Waals surface area contributed by atoms with Crippen LogP contribution in [0.25, 0.3) is 0 Å². The molecule has 0 unspecified atom stereocenters. The van der Waals surface area contributed by atoms with Gasteiger partial charge in [0.05, 0.1) is 5.75 Å². The monoisotopic (exact) mass is 430 g/mol. The summed E-state index contributed by atoms with van der Waals surface area (Å²) in [5, 5.41) is 0. The average molecular weight is 431 g/mol. The van der Waals surface area contributed by atoms with Crippen LogP contribution in [-0.2, 0) is 16.4 Å². The number of aryl methyl sites for hydroxylation is 2. The second kappa shape index (κ2) is 9.43. The summed E-state index contributed by atoms with van der Waals surface area (Å²) in [6.07, 6.45) is 1.76. The van der Waals surface area contributed by atoms with Gasteiger partial charge in [-0.15, -0.1) is 0 Å². The quantitative estimate of drug-likeness (QED) is 0.670. The fraction of sp³-hybridized carbons (Fsp3) is 0.565. The van der Waals surface area contributed by atoms with Crippen molar-refractivity contribution < 1.29 is 8.42 Å². The molecule has 1 aliphatic rings. The number of sulfonamides is 1. The lowest BCUT2D eigenvalue weighted by Crippen LogP contribution is -2.49. The van der Waals surface area contributed by atoms with Crippen LogP contribution in [0.4, 0.5) is 5.82 Å². The summed E-state index contributed by atoms with van der Waals surface area (Å²) in [5.41, 5.74) is 4.63. The van der Waals surface area contributed by atoms with Crippen LogP contribution >= 0.6 is 0 Å². The molecule has 1 aromatic heterocycles. The van der Waals surface area contributed by atoms with E-state index in [4.69, 9.17) is 9.97 Å². The van der Waals surface area contributed by atoms with Gasteiger partial charge in [-0.05, 0) is 32.8 Å². The zero-order valence-corrected chi connectivity index (χ0v) is 19.7. The fourth-order valence-electron chi connectivity index (χ4n) is 3.74. The molecule has 1 aromatic carbocycles. The Kier molecular flexibility index (Phi) is 7.14. The Labute approximate surface area is 181 Å². The topological polar surface area (TPSA) is 66.4 Å². The van der Waals surface area contributed by atoms with Crippen molar-refractivity contribution in [1.82, 2.24) is 14.3 Å². The standard InChI is InChI=1S/C23H34N4O2S/c1-6-18(4)22-24-19(5)21(16-20-10-8-17(3)9-11-20)23(25-22)26-12-14-27(15-13-26)30(28,29)7-2/h8-11,18H,6-7,12-16H2,1-5H3/t18-/m0/s1. The van der Waals surface area contributed by atoms with Crippen LogP contribution in [0.15, 0.2) is 24.3 Å². The Hall–Kier alpha value is -1.99. The predicted molar refractivity (Wildman–Crippen MR) is 123 cm³/mol. The Bertz CT molecular complexity index is 965. The number of hydrogen-bond acceptors (Lipinski definition) is 5. The molecule has 30 heavy (non-hydrogen) atoms. The van der Waals surface area contributed by atoms with E-state index in [0.717, 1.165) is 35.7 Å². The Balaban J connectivity index is 1.94. The van der Waals surface area contributed by atoms with E-state index >= 15 is 0 Å². The highest BCUT2D eigenvalue weighted by Gasteiger charge is 2.28. The van der Waals surface area contributed by atoms with E-state index in [1.54, 1.807) is 11.2 Å². The maximum Gasteiger partial charge on any atom is 0.213 e. The highest BCUT2D eigenvalue weighted by Crippen LogP contribution is 2.28. The van der Waals surface area contributed by atoms with Gasteiger partial charge in [0.2, 0.25) is 10.0 Å². The first-order valence-corrected chi connectivity index (χ1v) is 12.5. The lowest BCUT2D eigenvalue weighted by atomic mass is 10.0. The summed E-state index contributed by atoms with van der Waals surface area (Å²) in [5.74, 6) is 2.28. The van der Waals surface area contributed by atoms with Gasteiger partial charge in [-0.3, -0.25) is 0 Å². The molecule has 0 bridgehead atoms. The third kappa shape index (κ3) is 5.01. The van der Waals surface area contributed by atoms with Crippen LogP contribution in [0.1, 0.15) is 61.3 Å². The SMILES string of the molecule is CC[C@H](C)c1nc(C)c(Cc2ccc(C)cc2)c(N2CCN(S(=O)(=O)CC)CC2)n1. The van der Waals surface area contributed by atoms with Gasteiger partial charge in [-0.1, -0.05) is 43.7 Å². The van der Waals surface area contributed by atoms with Gasteiger partial charge in [0.15, 0.2) is 0 Å². The summed E-state index contributed by atoms with van der Waals surface area (Å²) < 4.78 is 26.1. The largest absolute Gasteiger partial charge is 0.354 e. The van der Waals surface area contributed by atoms with E-state index in [1.165, 1.54) is 11.1 Å². The fourth-order valence-corrected chi connectivity index (χ4v) is 4.83. The highest BCUT2D eigenvalue weighted by molar-refractivity contribution is 7.89. The molecular weight excluding hydrogens is 396 g/mol. The summed E-state index contributed by atoms with van der Waals surface area (Å²) in [7, 11) is -3.15. The number of anilines is 1. The van der Waals surface area contributed by atoms with Gasteiger partial charge in [0.1, 0.15) is 11.6 Å². The summed E-state index contributed by atoms with van der Waals surface area (Å²) in [6.45, 7) is 12.5. The minimum atomic E-state index is -3.15. The zero-order valence-electron chi connectivity index (χ0n) is 18.9. The van der Waals surface area contributed by atoms with E-state index in [2.05, 4.69) is 56.9 Å². The van der Waals surface area contributed by atoms with Crippen LogP contribution in [0.5, 0.6) is 0 Å². The number of aromatic nitrogens is 2. The predicted octanol–water partition coefficient (Wildman–Crippen LogP) is 3.67. The first kappa shape index (κ1) is 22.7. The first-order chi connectivity index (χ1) is 14.2. The van der Waals surface area contributed by atoms with Crippen molar-refractivity contribution in [2.75, 3.05) is 36.8 Å². The number of piperazine rings is 1. The van der Waals surface area contributed by atoms with Crippen molar-refractivity contribution in [2.45, 2.75) is 53.4 Å². The molecule has 0 amide bonds. The summed E-state index contributed by atoms with van der Waals surface area (Å²) in [6, 6.07) is 8.58. The van der Waals surface area contributed by atoms with Gasteiger partial charge in [-0.25, -0.2) is 18.4 Å². The second-order valence-electron chi connectivity index (χ2n) is 8.23. The molecule has 164 valence electrons. The van der Waals surface area contributed by atoms with Crippen LogP contribution in [0.3, 0.4) is 0 Å². The maximum absolute atomic E-state index is 12.3. The van der Waals surface area contributed by atoms with Crippen molar-refractivity contribution in [1.29, 1.82) is 0 Å². The van der Waals surface area contributed by atoms with Gasteiger partial charge in [0.25, 0.3) is 0 Å². The lowest BCUT2D eigenvalue weighted by molar-refractivity contribution is 0.384. The van der Waals surface area contributed by atoms with Crippen LogP contribution in [0, 0.1) is 13.8 Å². The van der Waals surface area contributed by atoms with Crippen LogP contribution in [0.2, 0.25) is 0 Å². The van der Waals surface area contributed by atoms with Crippen molar-refractivity contribution in [3.8, 4) is 0 Å². The molecule has 0 spiro atoms. The lowest BCUT2D eigenvalue weighted by Gasteiger charge is -2.36. The molecule has 2 aromatic rings. The van der Waals surface area contributed by atoms with E-state index in [1.807, 2.05) is 0 Å².